The van der Waals surface area contributed by atoms with Gasteiger partial charge in [-0.1, -0.05) is 0 Å². The zero-order valence-corrected chi connectivity index (χ0v) is 10.9. The minimum absolute atomic E-state index is 0.103. The Morgan fingerprint density at radius 1 is 1.56 bits per heavy atom. The summed E-state index contributed by atoms with van der Waals surface area (Å²) < 4.78 is 4.97. The molecule has 1 rings (SSSR count). The molecule has 0 aromatic rings. The Labute approximate surface area is 102 Å². The Morgan fingerprint density at radius 3 is 2.88 bits per heavy atom. The van der Waals surface area contributed by atoms with Gasteiger partial charge in [-0.15, -0.1) is 11.8 Å². The molecule has 0 bridgehead atoms. The molecule has 94 valence electrons. The molecule has 5 heteroatoms. The van der Waals surface area contributed by atoms with Gasteiger partial charge in [0, 0.05) is 18.4 Å². The van der Waals surface area contributed by atoms with Crippen LogP contribution in [0.15, 0.2) is 0 Å². The van der Waals surface area contributed by atoms with E-state index in [-0.39, 0.29) is 11.9 Å². The van der Waals surface area contributed by atoms with E-state index in [1.54, 1.807) is 18.9 Å². The van der Waals surface area contributed by atoms with Gasteiger partial charge in [-0.3, -0.25) is 4.79 Å². The summed E-state index contributed by atoms with van der Waals surface area (Å²) in [5.74, 6) is 0.687. The fraction of sp³-hybridized carbons (Fsp3) is 0.909. The van der Waals surface area contributed by atoms with Crippen LogP contribution in [0.2, 0.25) is 0 Å². The van der Waals surface area contributed by atoms with E-state index >= 15 is 0 Å². The monoisotopic (exact) mass is 246 g/mol. The molecule has 2 N–H and O–H groups in total. The maximum atomic E-state index is 11.6. The van der Waals surface area contributed by atoms with Crippen molar-refractivity contribution in [1.82, 2.24) is 10.6 Å². The zero-order chi connectivity index (χ0) is 11.8. The molecule has 4 nitrogen and oxygen atoms in total. The lowest BCUT2D eigenvalue weighted by Gasteiger charge is -2.22. The van der Waals surface area contributed by atoms with Crippen molar-refractivity contribution in [3.63, 3.8) is 0 Å². The number of piperidine rings is 1. The predicted molar refractivity (Wildman–Crippen MR) is 67.8 cm³/mol. The van der Waals surface area contributed by atoms with Gasteiger partial charge in [0.25, 0.3) is 0 Å². The normalized spacial score (nSPS) is 19.4. The molecule has 0 aromatic carbocycles. The molecule has 0 spiro atoms. The highest BCUT2D eigenvalue weighted by molar-refractivity contribution is 8.00. The molecule has 1 atom stereocenters. The standard InChI is InChI=1S/C11H22N2O2S/c1-9(7-15-2)13-11(14)8-16-10-3-5-12-6-4-10/h9-10,12H,3-8H2,1-2H3,(H,13,14). The van der Waals surface area contributed by atoms with Gasteiger partial charge in [0.05, 0.1) is 12.4 Å². The number of thioether (sulfide) groups is 1. The van der Waals surface area contributed by atoms with Crippen LogP contribution in [0.5, 0.6) is 0 Å². The molecular weight excluding hydrogens is 224 g/mol. The maximum Gasteiger partial charge on any atom is 0.230 e. The van der Waals surface area contributed by atoms with E-state index in [0.717, 1.165) is 13.1 Å². The van der Waals surface area contributed by atoms with E-state index < -0.39 is 0 Å². The molecule has 1 heterocycles. The molecular formula is C11H22N2O2S. The Bertz CT molecular complexity index is 208. The molecule has 1 unspecified atom stereocenters. The Balaban J connectivity index is 2.09. The SMILES string of the molecule is COCC(C)NC(=O)CSC1CCNCC1. The second kappa shape index (κ2) is 7.92. The zero-order valence-electron chi connectivity index (χ0n) is 10.1. The number of methoxy groups -OCH3 is 1. The van der Waals surface area contributed by atoms with Crippen LogP contribution in [0.1, 0.15) is 19.8 Å². The first-order valence-corrected chi connectivity index (χ1v) is 6.88. The fourth-order valence-electron chi connectivity index (χ4n) is 1.76. The molecule has 16 heavy (non-hydrogen) atoms. The number of amides is 1. The minimum Gasteiger partial charge on any atom is -0.383 e. The fourth-order valence-corrected chi connectivity index (χ4v) is 2.80. The van der Waals surface area contributed by atoms with Crippen molar-refractivity contribution in [3.8, 4) is 0 Å². The van der Waals surface area contributed by atoms with E-state index in [0.29, 0.717) is 17.6 Å². The second-order valence-corrected chi connectivity index (χ2v) is 5.47. The van der Waals surface area contributed by atoms with Crippen LogP contribution in [0.4, 0.5) is 0 Å². The van der Waals surface area contributed by atoms with Crippen LogP contribution in [0.3, 0.4) is 0 Å². The third kappa shape index (κ3) is 5.72. The number of rotatable bonds is 6. The molecule has 0 saturated carbocycles. The van der Waals surface area contributed by atoms with Gasteiger partial charge >= 0.3 is 0 Å². The average Bonchev–Trinajstić information content (AvgIpc) is 2.28. The Morgan fingerprint density at radius 2 is 2.25 bits per heavy atom. The van der Waals surface area contributed by atoms with Gasteiger partial charge in [0.1, 0.15) is 0 Å². The summed E-state index contributed by atoms with van der Waals surface area (Å²) in [5.41, 5.74) is 0. The van der Waals surface area contributed by atoms with Gasteiger partial charge < -0.3 is 15.4 Å². The topological polar surface area (TPSA) is 50.4 Å². The first kappa shape index (κ1) is 13.8. The number of carbonyl (C=O) groups is 1. The highest BCUT2D eigenvalue weighted by Gasteiger charge is 2.15. The lowest BCUT2D eigenvalue weighted by molar-refractivity contribution is -0.119. The van der Waals surface area contributed by atoms with Crippen LogP contribution in [0, 0.1) is 0 Å². The van der Waals surface area contributed by atoms with Crippen molar-refractivity contribution in [1.29, 1.82) is 0 Å². The lowest BCUT2D eigenvalue weighted by atomic mass is 10.2. The molecule has 0 aromatic heterocycles. The van der Waals surface area contributed by atoms with Crippen molar-refractivity contribution in [3.05, 3.63) is 0 Å². The van der Waals surface area contributed by atoms with Gasteiger partial charge in [0.2, 0.25) is 5.91 Å². The van der Waals surface area contributed by atoms with Gasteiger partial charge in [-0.2, -0.15) is 0 Å². The summed E-state index contributed by atoms with van der Waals surface area (Å²) in [5, 5.41) is 6.88. The van der Waals surface area contributed by atoms with E-state index in [9.17, 15) is 4.79 Å². The van der Waals surface area contributed by atoms with Gasteiger partial charge in [-0.05, 0) is 32.9 Å². The van der Waals surface area contributed by atoms with Gasteiger partial charge in [-0.25, -0.2) is 0 Å². The molecule has 1 amide bonds. The predicted octanol–water partition coefficient (Wildman–Crippen LogP) is 0.623. The summed E-state index contributed by atoms with van der Waals surface area (Å²) in [6.07, 6.45) is 2.34. The largest absolute Gasteiger partial charge is 0.383 e. The van der Waals surface area contributed by atoms with Crippen molar-refractivity contribution in [2.45, 2.75) is 31.1 Å². The van der Waals surface area contributed by atoms with E-state index in [4.69, 9.17) is 4.74 Å². The first-order chi connectivity index (χ1) is 7.72. The molecule has 0 aliphatic carbocycles. The second-order valence-electron chi connectivity index (χ2n) is 4.18. The summed E-state index contributed by atoms with van der Waals surface area (Å²) >= 11 is 1.77. The van der Waals surface area contributed by atoms with Crippen LogP contribution < -0.4 is 10.6 Å². The molecule has 1 fully saturated rings. The minimum atomic E-state index is 0.103. The highest BCUT2D eigenvalue weighted by atomic mass is 32.2. The lowest BCUT2D eigenvalue weighted by Crippen LogP contribution is -2.37. The number of hydrogen-bond acceptors (Lipinski definition) is 4. The first-order valence-electron chi connectivity index (χ1n) is 5.83. The quantitative estimate of drug-likeness (QED) is 0.721. The molecule has 0 radical (unpaired) electrons. The summed E-state index contributed by atoms with van der Waals surface area (Å²) in [7, 11) is 1.65. The Kier molecular flexibility index (Phi) is 6.84. The van der Waals surface area contributed by atoms with Crippen molar-refractivity contribution in [2.24, 2.45) is 0 Å². The maximum absolute atomic E-state index is 11.6. The average molecular weight is 246 g/mol. The van der Waals surface area contributed by atoms with Crippen LogP contribution in [-0.2, 0) is 9.53 Å². The van der Waals surface area contributed by atoms with E-state index in [2.05, 4.69) is 10.6 Å². The van der Waals surface area contributed by atoms with Crippen molar-refractivity contribution < 1.29 is 9.53 Å². The summed E-state index contributed by atoms with van der Waals surface area (Å²) in [6.45, 7) is 4.69. The number of nitrogens with one attached hydrogen (secondary N) is 2. The van der Waals surface area contributed by atoms with Crippen LogP contribution >= 0.6 is 11.8 Å². The number of ether oxygens (including phenoxy) is 1. The Hall–Kier alpha value is -0.260. The third-order valence-electron chi connectivity index (χ3n) is 2.56. The highest BCUT2D eigenvalue weighted by Crippen LogP contribution is 2.19. The van der Waals surface area contributed by atoms with E-state index in [1.807, 2.05) is 6.92 Å². The summed E-state index contributed by atoms with van der Waals surface area (Å²) in [4.78, 5) is 11.6. The third-order valence-corrected chi connectivity index (χ3v) is 3.93. The number of hydrogen-bond donors (Lipinski definition) is 2. The summed E-state index contributed by atoms with van der Waals surface area (Å²) in [6, 6.07) is 0.103. The molecule has 1 saturated heterocycles. The molecule has 1 aliphatic rings. The van der Waals surface area contributed by atoms with Crippen LogP contribution in [0.25, 0.3) is 0 Å². The van der Waals surface area contributed by atoms with Crippen molar-refractivity contribution in [2.75, 3.05) is 32.6 Å². The van der Waals surface area contributed by atoms with Gasteiger partial charge in [0.15, 0.2) is 0 Å². The van der Waals surface area contributed by atoms with E-state index in [1.165, 1.54) is 12.8 Å². The smallest absolute Gasteiger partial charge is 0.230 e. The number of carbonyl (C=O) groups excluding carboxylic acids is 1. The van der Waals surface area contributed by atoms with Crippen LogP contribution in [-0.4, -0.2) is 49.8 Å². The molecule has 1 aliphatic heterocycles. The van der Waals surface area contributed by atoms with Crippen molar-refractivity contribution >= 4 is 17.7 Å².